The van der Waals surface area contributed by atoms with Gasteiger partial charge in [0, 0.05) is 32.3 Å². The average Bonchev–Trinajstić information content (AvgIpc) is 2.59. The highest BCUT2D eigenvalue weighted by atomic mass is 32.2. The molecule has 1 saturated heterocycles. The van der Waals surface area contributed by atoms with Crippen molar-refractivity contribution >= 4 is 15.9 Å². The van der Waals surface area contributed by atoms with E-state index in [-0.39, 0.29) is 12.5 Å². The van der Waals surface area contributed by atoms with Crippen LogP contribution >= 0.6 is 0 Å². The summed E-state index contributed by atoms with van der Waals surface area (Å²) in [7, 11) is -1.60. The van der Waals surface area contributed by atoms with Crippen LogP contribution in [0.4, 0.5) is 0 Å². The second-order valence-corrected chi connectivity index (χ2v) is 8.32. The Morgan fingerprint density at radius 2 is 1.88 bits per heavy atom. The summed E-state index contributed by atoms with van der Waals surface area (Å²) in [6, 6.07) is 9.14. The molecule has 2 rings (SSSR count). The monoisotopic (exact) mass is 370 g/mol. The lowest BCUT2D eigenvalue weighted by atomic mass is 9.85. The molecule has 0 aromatic heterocycles. The van der Waals surface area contributed by atoms with Crippen molar-refractivity contribution in [2.24, 2.45) is 0 Å². The third-order valence-electron chi connectivity index (χ3n) is 4.45. The van der Waals surface area contributed by atoms with E-state index >= 15 is 0 Å². The number of para-hydroxylation sites is 1. The minimum atomic E-state index is -3.21. The number of hydrogen-bond acceptors (Lipinski definition) is 5. The van der Waals surface area contributed by atoms with E-state index in [9.17, 15) is 13.2 Å². The van der Waals surface area contributed by atoms with Gasteiger partial charge in [-0.3, -0.25) is 4.79 Å². The van der Waals surface area contributed by atoms with Crippen molar-refractivity contribution in [3.8, 4) is 5.75 Å². The van der Waals surface area contributed by atoms with Crippen LogP contribution in [0.3, 0.4) is 0 Å². The lowest BCUT2D eigenvalue weighted by Crippen LogP contribution is -2.57. The smallest absolute Gasteiger partial charge is 0.258 e. The first-order chi connectivity index (χ1) is 11.8. The van der Waals surface area contributed by atoms with Crippen molar-refractivity contribution in [2.75, 3.05) is 39.7 Å². The van der Waals surface area contributed by atoms with Gasteiger partial charge in [0.25, 0.3) is 5.91 Å². The first-order valence-electron chi connectivity index (χ1n) is 8.28. The molecule has 1 aromatic rings. The van der Waals surface area contributed by atoms with E-state index in [2.05, 4.69) is 5.32 Å². The highest BCUT2D eigenvalue weighted by Crippen LogP contribution is 2.27. The number of amides is 1. The van der Waals surface area contributed by atoms with Crippen LogP contribution in [-0.4, -0.2) is 63.8 Å². The number of sulfonamides is 1. The number of benzene rings is 1. The van der Waals surface area contributed by atoms with Crippen molar-refractivity contribution < 1.29 is 22.7 Å². The number of nitrogens with zero attached hydrogens (tertiary/aromatic N) is 1. The molecule has 0 atom stereocenters. The summed E-state index contributed by atoms with van der Waals surface area (Å²) in [6.07, 6.45) is 2.96. The molecule has 0 radical (unpaired) electrons. The number of ether oxygens (including phenoxy) is 2. The molecular formula is C17H26N2O5S. The van der Waals surface area contributed by atoms with Gasteiger partial charge < -0.3 is 14.8 Å². The number of hydrogen-bond donors (Lipinski definition) is 1. The maximum Gasteiger partial charge on any atom is 0.258 e. The Kier molecular flexibility index (Phi) is 6.80. The molecule has 1 fully saturated rings. The van der Waals surface area contributed by atoms with Gasteiger partial charge in [0.2, 0.25) is 10.0 Å². The predicted molar refractivity (Wildman–Crippen MR) is 95.0 cm³/mol. The van der Waals surface area contributed by atoms with E-state index in [1.54, 1.807) is 19.2 Å². The van der Waals surface area contributed by atoms with Gasteiger partial charge in [0.05, 0.1) is 6.26 Å². The highest BCUT2D eigenvalue weighted by Gasteiger charge is 2.37. The van der Waals surface area contributed by atoms with Crippen LogP contribution in [-0.2, 0) is 19.6 Å². The van der Waals surface area contributed by atoms with Crippen LogP contribution in [0.15, 0.2) is 30.3 Å². The molecule has 8 heteroatoms. The average molecular weight is 370 g/mol. The third-order valence-corrected chi connectivity index (χ3v) is 5.75. The molecular weight excluding hydrogens is 344 g/mol. The Hall–Kier alpha value is -1.64. The first kappa shape index (κ1) is 19.7. The zero-order valence-corrected chi connectivity index (χ0v) is 15.5. The summed E-state index contributed by atoms with van der Waals surface area (Å²) in [4.78, 5) is 12.3. The fraction of sp³-hybridized carbons (Fsp3) is 0.588. The molecule has 1 aliphatic heterocycles. The fourth-order valence-electron chi connectivity index (χ4n) is 2.98. The molecule has 0 unspecified atom stereocenters. The molecule has 0 bridgehead atoms. The Morgan fingerprint density at radius 1 is 1.24 bits per heavy atom. The van der Waals surface area contributed by atoms with Gasteiger partial charge in [-0.05, 0) is 31.4 Å². The summed E-state index contributed by atoms with van der Waals surface area (Å²) in [5, 5.41) is 3.04. The second kappa shape index (κ2) is 8.64. The van der Waals surface area contributed by atoms with Crippen LogP contribution < -0.4 is 10.1 Å². The third kappa shape index (κ3) is 5.98. The lowest BCUT2D eigenvalue weighted by molar-refractivity contribution is -0.125. The van der Waals surface area contributed by atoms with Crippen molar-refractivity contribution in [2.45, 2.75) is 24.8 Å². The molecule has 7 nitrogen and oxygen atoms in total. The number of carbonyl (C=O) groups excluding carboxylic acids is 1. The SMILES string of the molecule is COCCC1(NC(=O)COc2ccccc2)CCN(S(C)(=O)=O)CC1. The maximum absolute atomic E-state index is 12.3. The maximum atomic E-state index is 12.3. The minimum absolute atomic E-state index is 0.0749. The van der Waals surface area contributed by atoms with E-state index in [0.717, 1.165) is 0 Å². The second-order valence-electron chi connectivity index (χ2n) is 6.34. The Morgan fingerprint density at radius 3 is 2.44 bits per heavy atom. The first-order valence-corrected chi connectivity index (χ1v) is 10.1. The van der Waals surface area contributed by atoms with Gasteiger partial charge in [0.15, 0.2) is 6.61 Å². The molecule has 1 amide bonds. The fourth-order valence-corrected chi connectivity index (χ4v) is 3.82. The lowest BCUT2D eigenvalue weighted by Gasteiger charge is -2.41. The van der Waals surface area contributed by atoms with Crippen LogP contribution in [0.1, 0.15) is 19.3 Å². The van der Waals surface area contributed by atoms with E-state index < -0.39 is 15.6 Å². The van der Waals surface area contributed by atoms with Gasteiger partial charge in [0.1, 0.15) is 5.75 Å². The summed E-state index contributed by atoms with van der Waals surface area (Å²) < 4.78 is 35.5. The topological polar surface area (TPSA) is 84.9 Å². The van der Waals surface area contributed by atoms with E-state index in [0.29, 0.717) is 44.7 Å². The Bertz CT molecular complexity index is 655. The quantitative estimate of drug-likeness (QED) is 0.738. The number of nitrogens with one attached hydrogen (secondary N) is 1. The molecule has 0 aliphatic carbocycles. The number of carbonyl (C=O) groups is 1. The number of piperidine rings is 1. The molecule has 0 saturated carbocycles. The zero-order chi connectivity index (χ0) is 18.3. The van der Waals surface area contributed by atoms with Crippen molar-refractivity contribution in [1.29, 1.82) is 0 Å². The zero-order valence-electron chi connectivity index (χ0n) is 14.7. The molecule has 0 spiro atoms. The van der Waals surface area contributed by atoms with Crippen molar-refractivity contribution in [3.63, 3.8) is 0 Å². The van der Waals surface area contributed by atoms with E-state index in [1.165, 1.54) is 10.6 Å². The summed E-state index contributed by atoms with van der Waals surface area (Å²) >= 11 is 0. The number of methoxy groups -OCH3 is 1. The minimum Gasteiger partial charge on any atom is -0.484 e. The standard InChI is InChI=1S/C17H26N2O5S/c1-23-13-10-17(8-11-19(12-9-17)25(2,21)22)18-16(20)14-24-15-6-4-3-5-7-15/h3-7H,8-14H2,1-2H3,(H,18,20). The molecule has 25 heavy (non-hydrogen) atoms. The Balaban J connectivity index is 1.94. The Labute approximate surface area is 149 Å². The molecule has 1 aromatic carbocycles. The summed E-state index contributed by atoms with van der Waals surface area (Å²) in [6.45, 7) is 1.21. The van der Waals surface area contributed by atoms with Crippen molar-refractivity contribution in [3.05, 3.63) is 30.3 Å². The van der Waals surface area contributed by atoms with Crippen LogP contribution in [0, 0.1) is 0 Å². The molecule has 140 valence electrons. The van der Waals surface area contributed by atoms with E-state index in [4.69, 9.17) is 9.47 Å². The van der Waals surface area contributed by atoms with Gasteiger partial charge in [-0.2, -0.15) is 0 Å². The predicted octanol–water partition coefficient (Wildman–Crippen LogP) is 1.01. The van der Waals surface area contributed by atoms with Crippen LogP contribution in [0.2, 0.25) is 0 Å². The summed E-state index contributed by atoms with van der Waals surface area (Å²) in [5.74, 6) is 0.420. The van der Waals surface area contributed by atoms with Gasteiger partial charge >= 0.3 is 0 Å². The number of rotatable bonds is 8. The van der Waals surface area contributed by atoms with Crippen molar-refractivity contribution in [1.82, 2.24) is 9.62 Å². The van der Waals surface area contributed by atoms with E-state index in [1.807, 2.05) is 18.2 Å². The highest BCUT2D eigenvalue weighted by molar-refractivity contribution is 7.88. The van der Waals surface area contributed by atoms with Gasteiger partial charge in [-0.1, -0.05) is 18.2 Å². The van der Waals surface area contributed by atoms with Gasteiger partial charge in [-0.15, -0.1) is 0 Å². The molecule has 1 aliphatic rings. The normalized spacial score (nSPS) is 17.8. The van der Waals surface area contributed by atoms with Crippen LogP contribution in [0.25, 0.3) is 0 Å². The van der Waals surface area contributed by atoms with Gasteiger partial charge in [-0.25, -0.2) is 12.7 Å². The molecule has 1 N–H and O–H groups in total. The summed E-state index contributed by atoms with van der Waals surface area (Å²) in [5.41, 5.74) is -0.464. The largest absolute Gasteiger partial charge is 0.484 e. The molecule has 1 heterocycles. The van der Waals surface area contributed by atoms with Crippen LogP contribution in [0.5, 0.6) is 5.75 Å².